The average Bonchev–Trinajstić information content (AvgIpc) is 3.23. The number of aryl methyl sites for hydroxylation is 2. The number of carbonyl (C=O) groups excluding carboxylic acids is 1. The molecule has 160 valence electrons. The molecule has 0 bridgehead atoms. The summed E-state index contributed by atoms with van der Waals surface area (Å²) < 4.78 is 1.90. The van der Waals surface area contributed by atoms with Crippen LogP contribution in [0.1, 0.15) is 27.9 Å². The highest BCUT2D eigenvalue weighted by molar-refractivity contribution is 5.93. The van der Waals surface area contributed by atoms with Gasteiger partial charge >= 0.3 is 5.97 Å². The Labute approximate surface area is 186 Å². The van der Waals surface area contributed by atoms with Gasteiger partial charge in [-0.05, 0) is 54.8 Å². The van der Waals surface area contributed by atoms with Gasteiger partial charge < -0.3 is 10.4 Å². The van der Waals surface area contributed by atoms with Gasteiger partial charge in [-0.15, -0.1) is 0 Å². The highest BCUT2D eigenvalue weighted by Gasteiger charge is 2.16. The van der Waals surface area contributed by atoms with E-state index in [1.165, 1.54) is 6.07 Å². The van der Waals surface area contributed by atoms with E-state index < -0.39 is 5.97 Å². The summed E-state index contributed by atoms with van der Waals surface area (Å²) in [5.74, 6) is -1.12. The molecule has 3 aromatic carbocycles. The number of benzene rings is 3. The third-order valence-electron chi connectivity index (χ3n) is 5.25. The lowest BCUT2D eigenvalue weighted by Crippen LogP contribution is -2.13. The summed E-state index contributed by atoms with van der Waals surface area (Å²) in [6, 6.07) is 24.7. The van der Waals surface area contributed by atoms with E-state index in [0.29, 0.717) is 17.7 Å². The van der Waals surface area contributed by atoms with Crippen molar-refractivity contribution in [1.29, 1.82) is 0 Å². The smallest absolute Gasteiger partial charge is 0.335 e. The van der Waals surface area contributed by atoms with Crippen LogP contribution in [0.4, 0.5) is 5.69 Å². The number of nitrogens with zero attached hydrogens (tertiary/aromatic N) is 2. The molecule has 4 rings (SSSR count). The van der Waals surface area contributed by atoms with Crippen LogP contribution in [0.2, 0.25) is 0 Å². The first-order valence-corrected chi connectivity index (χ1v) is 10.3. The summed E-state index contributed by atoms with van der Waals surface area (Å²) in [5, 5.41) is 16.6. The van der Waals surface area contributed by atoms with E-state index in [2.05, 4.69) is 10.4 Å². The minimum atomic E-state index is -0.982. The molecule has 32 heavy (non-hydrogen) atoms. The zero-order valence-corrected chi connectivity index (χ0v) is 17.7. The Morgan fingerprint density at radius 3 is 2.31 bits per heavy atom. The average molecular weight is 425 g/mol. The number of para-hydroxylation sites is 1. The number of nitrogens with one attached hydrogen (secondary N) is 1. The van der Waals surface area contributed by atoms with Crippen molar-refractivity contribution in [2.24, 2.45) is 0 Å². The number of hydrogen-bond acceptors (Lipinski definition) is 3. The number of aromatic carboxylic acids is 1. The van der Waals surface area contributed by atoms with Gasteiger partial charge in [0.25, 0.3) is 0 Å². The molecular formula is C26H23N3O3. The minimum Gasteiger partial charge on any atom is -0.478 e. The first-order chi connectivity index (χ1) is 15.5. The molecule has 6 heteroatoms. The molecule has 6 nitrogen and oxygen atoms in total. The molecule has 1 aromatic heterocycles. The van der Waals surface area contributed by atoms with E-state index in [1.807, 2.05) is 71.5 Å². The highest BCUT2D eigenvalue weighted by atomic mass is 16.4. The van der Waals surface area contributed by atoms with Crippen molar-refractivity contribution in [1.82, 2.24) is 9.78 Å². The molecule has 1 heterocycles. The molecule has 0 saturated heterocycles. The number of carboxylic acid groups (broad SMARTS) is 1. The van der Waals surface area contributed by atoms with E-state index in [-0.39, 0.29) is 17.9 Å². The monoisotopic (exact) mass is 425 g/mol. The van der Waals surface area contributed by atoms with E-state index in [4.69, 9.17) is 5.11 Å². The number of carboxylic acids is 1. The predicted octanol–water partition coefficient (Wildman–Crippen LogP) is 5.12. The predicted molar refractivity (Wildman–Crippen MR) is 124 cm³/mol. The molecule has 0 radical (unpaired) electrons. The number of hydrogen-bond donors (Lipinski definition) is 2. The summed E-state index contributed by atoms with van der Waals surface area (Å²) in [7, 11) is 0. The number of anilines is 1. The summed E-state index contributed by atoms with van der Waals surface area (Å²) >= 11 is 0. The van der Waals surface area contributed by atoms with Crippen LogP contribution in [0.15, 0.2) is 85.1 Å². The normalized spacial score (nSPS) is 10.7. The van der Waals surface area contributed by atoms with E-state index in [9.17, 15) is 9.59 Å². The second-order valence-corrected chi connectivity index (χ2v) is 7.51. The molecule has 0 spiro atoms. The van der Waals surface area contributed by atoms with Crippen LogP contribution in [-0.4, -0.2) is 26.8 Å². The van der Waals surface area contributed by atoms with Crippen LogP contribution >= 0.6 is 0 Å². The first kappa shape index (κ1) is 21.1. The van der Waals surface area contributed by atoms with Crippen molar-refractivity contribution in [3.05, 3.63) is 102 Å². The summed E-state index contributed by atoms with van der Waals surface area (Å²) in [6.07, 6.45) is 2.61. The van der Waals surface area contributed by atoms with Crippen LogP contribution in [0, 0.1) is 6.92 Å². The highest BCUT2D eigenvalue weighted by Crippen LogP contribution is 2.27. The summed E-state index contributed by atoms with van der Waals surface area (Å²) in [6.45, 7) is 1.71. The fourth-order valence-corrected chi connectivity index (χ4v) is 3.69. The molecule has 0 unspecified atom stereocenters. The Morgan fingerprint density at radius 1 is 0.969 bits per heavy atom. The second kappa shape index (κ2) is 9.31. The topological polar surface area (TPSA) is 84.2 Å². The van der Waals surface area contributed by atoms with Gasteiger partial charge in [0.15, 0.2) is 0 Å². The maximum absolute atomic E-state index is 12.6. The van der Waals surface area contributed by atoms with Crippen LogP contribution in [-0.2, 0) is 11.2 Å². The lowest BCUT2D eigenvalue weighted by Gasteiger charge is -2.11. The minimum absolute atomic E-state index is 0.140. The van der Waals surface area contributed by atoms with E-state index >= 15 is 0 Å². The number of carbonyl (C=O) groups is 2. The van der Waals surface area contributed by atoms with Gasteiger partial charge in [-0.3, -0.25) is 4.79 Å². The maximum atomic E-state index is 12.6. The molecule has 0 aliphatic rings. The maximum Gasteiger partial charge on any atom is 0.335 e. The fraction of sp³-hybridized carbons (Fsp3) is 0.115. The van der Waals surface area contributed by atoms with Gasteiger partial charge in [0.1, 0.15) is 0 Å². The fourth-order valence-electron chi connectivity index (χ4n) is 3.69. The van der Waals surface area contributed by atoms with Gasteiger partial charge in [-0.2, -0.15) is 5.10 Å². The molecule has 0 aliphatic heterocycles. The zero-order chi connectivity index (χ0) is 22.5. The molecule has 0 fully saturated rings. The van der Waals surface area contributed by atoms with Gasteiger partial charge in [0.05, 0.1) is 23.1 Å². The van der Waals surface area contributed by atoms with Gasteiger partial charge in [0.2, 0.25) is 5.91 Å². The third-order valence-corrected chi connectivity index (χ3v) is 5.25. The van der Waals surface area contributed by atoms with Gasteiger partial charge in [0, 0.05) is 17.7 Å². The van der Waals surface area contributed by atoms with Crippen molar-refractivity contribution in [2.45, 2.75) is 19.8 Å². The van der Waals surface area contributed by atoms with Gasteiger partial charge in [-0.25, -0.2) is 9.48 Å². The quantitative estimate of drug-likeness (QED) is 0.431. The Bertz CT molecular complexity index is 1250. The van der Waals surface area contributed by atoms with Crippen molar-refractivity contribution in [3.8, 4) is 16.9 Å². The number of rotatable bonds is 7. The SMILES string of the molecule is Cc1cc(NC(=O)CCc2cnn(-c3ccccc3)c2-c2ccccc2)ccc1C(=O)O. The first-order valence-electron chi connectivity index (χ1n) is 10.3. The van der Waals surface area contributed by atoms with Crippen molar-refractivity contribution < 1.29 is 14.7 Å². The lowest BCUT2D eigenvalue weighted by atomic mass is 10.0. The molecular weight excluding hydrogens is 402 g/mol. The van der Waals surface area contributed by atoms with Crippen LogP contribution < -0.4 is 5.32 Å². The second-order valence-electron chi connectivity index (χ2n) is 7.51. The van der Waals surface area contributed by atoms with Gasteiger partial charge in [-0.1, -0.05) is 48.5 Å². The largest absolute Gasteiger partial charge is 0.478 e. The Hall–Kier alpha value is -4.19. The van der Waals surface area contributed by atoms with Crippen LogP contribution in [0.25, 0.3) is 16.9 Å². The molecule has 0 saturated carbocycles. The Morgan fingerprint density at radius 2 is 1.66 bits per heavy atom. The Kier molecular flexibility index (Phi) is 6.12. The van der Waals surface area contributed by atoms with Crippen molar-refractivity contribution in [2.75, 3.05) is 5.32 Å². The Balaban J connectivity index is 1.53. The standard InChI is InChI=1S/C26H23N3O3/c1-18-16-21(13-14-23(18)26(31)32)28-24(30)15-12-20-17-27-29(22-10-6-3-7-11-22)25(20)19-8-4-2-5-9-19/h2-11,13-14,16-17H,12,15H2,1H3,(H,28,30)(H,31,32). The van der Waals surface area contributed by atoms with E-state index in [0.717, 1.165) is 22.5 Å². The number of amides is 1. The van der Waals surface area contributed by atoms with Crippen LogP contribution in [0.3, 0.4) is 0 Å². The lowest BCUT2D eigenvalue weighted by molar-refractivity contribution is -0.116. The molecule has 0 aliphatic carbocycles. The van der Waals surface area contributed by atoms with E-state index in [1.54, 1.807) is 19.1 Å². The van der Waals surface area contributed by atoms with Crippen molar-refractivity contribution >= 4 is 17.6 Å². The molecule has 4 aromatic rings. The number of aromatic nitrogens is 2. The molecule has 2 N–H and O–H groups in total. The zero-order valence-electron chi connectivity index (χ0n) is 17.7. The molecule has 0 atom stereocenters. The van der Waals surface area contributed by atoms with Crippen molar-refractivity contribution in [3.63, 3.8) is 0 Å². The van der Waals surface area contributed by atoms with Crippen LogP contribution in [0.5, 0.6) is 0 Å². The third kappa shape index (κ3) is 4.59. The molecule has 1 amide bonds. The summed E-state index contributed by atoms with van der Waals surface area (Å²) in [4.78, 5) is 23.8. The summed E-state index contributed by atoms with van der Waals surface area (Å²) in [5.41, 5.74) is 5.34.